The number of methoxy groups -OCH3 is 1. The SMILES string of the molecule is CO[C@@H]1C[C@@H](O)[C@@H](O[C@H]2C[C@](C)(N)[C@@H](O)[C@H](C)O2)[C@H](C)O1. The largest absolute Gasteiger partial charge is 0.390 e. The van der Waals surface area contributed by atoms with E-state index >= 15 is 0 Å². The number of ether oxygens (including phenoxy) is 4. The van der Waals surface area contributed by atoms with Gasteiger partial charge in [-0.25, -0.2) is 0 Å². The van der Waals surface area contributed by atoms with E-state index in [1.807, 2.05) is 6.92 Å². The number of nitrogens with two attached hydrogens (primary N) is 1. The van der Waals surface area contributed by atoms with E-state index in [0.717, 1.165) is 0 Å². The summed E-state index contributed by atoms with van der Waals surface area (Å²) in [4.78, 5) is 0. The minimum Gasteiger partial charge on any atom is -0.390 e. The summed E-state index contributed by atoms with van der Waals surface area (Å²) in [5, 5.41) is 20.2. The summed E-state index contributed by atoms with van der Waals surface area (Å²) >= 11 is 0. The highest BCUT2D eigenvalue weighted by molar-refractivity contribution is 4.95. The van der Waals surface area contributed by atoms with Crippen LogP contribution in [0.15, 0.2) is 0 Å². The topological polar surface area (TPSA) is 103 Å². The first-order valence-corrected chi connectivity index (χ1v) is 7.38. The van der Waals surface area contributed by atoms with Crippen LogP contribution in [0.3, 0.4) is 0 Å². The molecule has 7 nitrogen and oxygen atoms in total. The Morgan fingerprint density at radius 3 is 2.29 bits per heavy atom. The average molecular weight is 305 g/mol. The molecule has 8 atom stereocenters. The quantitative estimate of drug-likeness (QED) is 0.659. The van der Waals surface area contributed by atoms with E-state index in [1.165, 1.54) is 0 Å². The maximum Gasteiger partial charge on any atom is 0.160 e. The fourth-order valence-electron chi connectivity index (χ4n) is 3.00. The Morgan fingerprint density at radius 2 is 1.76 bits per heavy atom. The van der Waals surface area contributed by atoms with Gasteiger partial charge >= 0.3 is 0 Å². The Morgan fingerprint density at radius 1 is 1.14 bits per heavy atom. The second kappa shape index (κ2) is 6.45. The van der Waals surface area contributed by atoms with Crippen molar-refractivity contribution >= 4 is 0 Å². The molecule has 7 heteroatoms. The third kappa shape index (κ3) is 3.73. The summed E-state index contributed by atoms with van der Waals surface area (Å²) in [7, 11) is 1.54. The first-order valence-electron chi connectivity index (χ1n) is 7.38. The third-order valence-electron chi connectivity index (χ3n) is 4.31. The van der Waals surface area contributed by atoms with Gasteiger partial charge in [-0.15, -0.1) is 0 Å². The lowest BCUT2D eigenvalue weighted by Crippen LogP contribution is -2.61. The molecule has 0 aromatic carbocycles. The van der Waals surface area contributed by atoms with Crippen LogP contribution in [0.4, 0.5) is 0 Å². The van der Waals surface area contributed by atoms with Crippen LogP contribution in [0, 0.1) is 0 Å². The molecule has 2 saturated heterocycles. The van der Waals surface area contributed by atoms with E-state index in [0.29, 0.717) is 12.8 Å². The lowest BCUT2D eigenvalue weighted by atomic mass is 9.86. The van der Waals surface area contributed by atoms with Crippen LogP contribution in [0.25, 0.3) is 0 Å². The van der Waals surface area contributed by atoms with Crippen LogP contribution in [-0.4, -0.2) is 66.0 Å². The van der Waals surface area contributed by atoms with E-state index in [4.69, 9.17) is 24.7 Å². The first-order chi connectivity index (χ1) is 9.74. The van der Waals surface area contributed by atoms with Crippen LogP contribution in [-0.2, 0) is 18.9 Å². The molecule has 0 aliphatic carbocycles. The minimum atomic E-state index is -0.791. The molecule has 0 aromatic rings. The van der Waals surface area contributed by atoms with Crippen molar-refractivity contribution in [2.45, 2.75) is 82.3 Å². The van der Waals surface area contributed by atoms with E-state index in [1.54, 1.807) is 21.0 Å². The van der Waals surface area contributed by atoms with Gasteiger partial charge in [0.25, 0.3) is 0 Å². The van der Waals surface area contributed by atoms with Crippen molar-refractivity contribution in [3.63, 3.8) is 0 Å². The zero-order valence-electron chi connectivity index (χ0n) is 13.1. The predicted octanol–water partition coefficient (Wildman–Crippen LogP) is -0.273. The zero-order chi connectivity index (χ0) is 15.8. The summed E-state index contributed by atoms with van der Waals surface area (Å²) in [6.45, 7) is 5.34. The van der Waals surface area contributed by atoms with Crippen molar-refractivity contribution < 1.29 is 29.2 Å². The lowest BCUT2D eigenvalue weighted by molar-refractivity contribution is -0.306. The molecular formula is C14H27NO6. The van der Waals surface area contributed by atoms with Gasteiger partial charge in [0.2, 0.25) is 0 Å². The zero-order valence-corrected chi connectivity index (χ0v) is 13.1. The molecule has 0 spiro atoms. The molecule has 2 rings (SSSR count). The molecule has 0 saturated carbocycles. The minimum absolute atomic E-state index is 0.325. The van der Waals surface area contributed by atoms with Gasteiger partial charge in [-0.2, -0.15) is 0 Å². The van der Waals surface area contributed by atoms with Gasteiger partial charge in [-0.3, -0.25) is 0 Å². The molecule has 0 unspecified atom stereocenters. The van der Waals surface area contributed by atoms with Gasteiger partial charge in [0.15, 0.2) is 12.6 Å². The Labute approximate surface area is 125 Å². The lowest BCUT2D eigenvalue weighted by Gasteiger charge is -2.45. The summed E-state index contributed by atoms with van der Waals surface area (Å²) in [5.41, 5.74) is 5.31. The van der Waals surface area contributed by atoms with Gasteiger partial charge < -0.3 is 34.9 Å². The number of hydrogen-bond acceptors (Lipinski definition) is 7. The smallest absolute Gasteiger partial charge is 0.160 e. The molecule has 0 aromatic heterocycles. The molecule has 0 amide bonds. The summed E-state index contributed by atoms with van der Waals surface area (Å²) in [5.74, 6) is 0. The van der Waals surface area contributed by atoms with Crippen LogP contribution >= 0.6 is 0 Å². The van der Waals surface area contributed by atoms with E-state index in [2.05, 4.69) is 0 Å². The first kappa shape index (κ1) is 17.1. The molecule has 2 aliphatic heterocycles. The van der Waals surface area contributed by atoms with Gasteiger partial charge in [-0.1, -0.05) is 0 Å². The van der Waals surface area contributed by atoms with E-state index in [9.17, 15) is 10.2 Å². The second-order valence-corrected chi connectivity index (χ2v) is 6.34. The fraction of sp³-hybridized carbons (Fsp3) is 1.00. The predicted molar refractivity (Wildman–Crippen MR) is 74.4 cm³/mol. The van der Waals surface area contributed by atoms with Gasteiger partial charge in [0.1, 0.15) is 6.10 Å². The highest BCUT2D eigenvalue weighted by Gasteiger charge is 2.45. The highest BCUT2D eigenvalue weighted by Crippen LogP contribution is 2.31. The Kier molecular flexibility index (Phi) is 5.25. The molecule has 124 valence electrons. The molecule has 0 radical (unpaired) electrons. The maximum atomic E-state index is 10.2. The Bertz CT molecular complexity index is 340. The van der Waals surface area contributed by atoms with E-state index in [-0.39, 0.29) is 6.10 Å². The number of hydrogen-bond donors (Lipinski definition) is 3. The van der Waals surface area contributed by atoms with Crippen LogP contribution < -0.4 is 5.73 Å². The normalized spacial score (nSPS) is 51.9. The van der Waals surface area contributed by atoms with Crippen molar-refractivity contribution in [1.29, 1.82) is 0 Å². The molecule has 2 heterocycles. The molecule has 21 heavy (non-hydrogen) atoms. The molecule has 2 aliphatic rings. The second-order valence-electron chi connectivity index (χ2n) is 6.34. The van der Waals surface area contributed by atoms with Gasteiger partial charge in [-0.05, 0) is 20.8 Å². The molecular weight excluding hydrogens is 278 g/mol. The Balaban J connectivity index is 1.98. The van der Waals surface area contributed by atoms with Crippen molar-refractivity contribution in [2.24, 2.45) is 5.73 Å². The summed E-state index contributed by atoms with van der Waals surface area (Å²) in [6.07, 6.45) is -3.03. The third-order valence-corrected chi connectivity index (χ3v) is 4.31. The standard InChI is InChI=1S/C14H27NO6/c1-7-12(9(16)5-10(18-4)19-7)21-11-6-14(3,15)13(17)8(2)20-11/h7-13,16-17H,5-6,15H2,1-4H3/t7-,8-,9+,10-,11-,12-,13-,14-/m0/s1. The summed E-state index contributed by atoms with van der Waals surface area (Å²) in [6, 6.07) is 0. The van der Waals surface area contributed by atoms with Crippen molar-refractivity contribution in [1.82, 2.24) is 0 Å². The Hall–Kier alpha value is -0.280. The van der Waals surface area contributed by atoms with Gasteiger partial charge in [0.05, 0.1) is 24.4 Å². The van der Waals surface area contributed by atoms with Crippen molar-refractivity contribution in [3.8, 4) is 0 Å². The van der Waals surface area contributed by atoms with Crippen LogP contribution in [0.2, 0.25) is 0 Å². The number of aliphatic hydroxyl groups is 2. The van der Waals surface area contributed by atoms with Crippen LogP contribution in [0.1, 0.15) is 33.6 Å². The summed E-state index contributed by atoms with van der Waals surface area (Å²) < 4.78 is 22.2. The van der Waals surface area contributed by atoms with Crippen LogP contribution in [0.5, 0.6) is 0 Å². The molecule has 4 N–H and O–H groups in total. The molecule has 0 bridgehead atoms. The number of rotatable bonds is 3. The van der Waals surface area contributed by atoms with Gasteiger partial charge in [0, 0.05) is 25.5 Å². The fourth-order valence-corrected chi connectivity index (χ4v) is 3.00. The van der Waals surface area contributed by atoms with Crippen molar-refractivity contribution in [2.75, 3.05) is 7.11 Å². The van der Waals surface area contributed by atoms with E-state index < -0.39 is 42.5 Å². The number of aliphatic hydroxyl groups excluding tert-OH is 2. The van der Waals surface area contributed by atoms with Crippen molar-refractivity contribution in [3.05, 3.63) is 0 Å². The highest BCUT2D eigenvalue weighted by atomic mass is 16.7. The maximum absolute atomic E-state index is 10.2. The average Bonchev–Trinajstić information content (AvgIpc) is 2.39. The molecule has 2 fully saturated rings. The monoisotopic (exact) mass is 305 g/mol.